The van der Waals surface area contributed by atoms with Gasteiger partial charge >= 0.3 is 0 Å². The van der Waals surface area contributed by atoms with Gasteiger partial charge in [0.15, 0.2) is 11.5 Å². The standard InChI is InChI=1S/C21H27NO4/c1-12-15(23)6-7-21(26)17-10-14-4-5-16(24)19(25)18(14)20(12,21)8-9-22(17)11-13-2-3-13/h4-5,12-13,17,24-26H,2-3,6-11H2,1H3/t12-,17+,20+,21+/m0/s1. The Bertz CT molecular complexity index is 788. The summed E-state index contributed by atoms with van der Waals surface area (Å²) in [6, 6.07) is 3.38. The normalized spacial score (nSPS) is 39.4. The van der Waals surface area contributed by atoms with E-state index in [2.05, 4.69) is 4.90 Å². The number of Topliss-reactive ketones (excluding diaryl/α,β-unsaturated/α-hetero) is 1. The molecule has 0 unspecified atom stereocenters. The maximum Gasteiger partial charge on any atom is 0.161 e. The van der Waals surface area contributed by atoms with Gasteiger partial charge in [0.2, 0.25) is 0 Å². The number of ketones is 1. The number of carbonyl (C=O) groups is 1. The van der Waals surface area contributed by atoms with Gasteiger partial charge in [-0.25, -0.2) is 0 Å². The van der Waals surface area contributed by atoms with Gasteiger partial charge in [-0.3, -0.25) is 9.69 Å². The molecule has 0 aromatic heterocycles. The monoisotopic (exact) mass is 357 g/mol. The van der Waals surface area contributed by atoms with E-state index in [1.165, 1.54) is 18.9 Å². The Morgan fingerprint density at radius 1 is 1.23 bits per heavy atom. The maximum atomic E-state index is 12.7. The summed E-state index contributed by atoms with van der Waals surface area (Å²) in [6.45, 7) is 3.75. The molecule has 3 fully saturated rings. The number of phenolic OH excluding ortho intramolecular Hbond substituents is 2. The molecule has 5 rings (SSSR count). The molecule has 5 nitrogen and oxygen atoms in total. The fourth-order valence-electron chi connectivity index (χ4n) is 6.28. The lowest BCUT2D eigenvalue weighted by Crippen LogP contribution is -2.75. The highest BCUT2D eigenvalue weighted by atomic mass is 16.3. The van der Waals surface area contributed by atoms with E-state index >= 15 is 0 Å². The number of aliphatic hydroxyl groups is 1. The van der Waals surface area contributed by atoms with Crippen molar-refractivity contribution in [2.24, 2.45) is 11.8 Å². The van der Waals surface area contributed by atoms with Crippen molar-refractivity contribution in [2.45, 2.75) is 62.5 Å². The highest BCUT2D eigenvalue weighted by molar-refractivity contribution is 5.85. The fourth-order valence-corrected chi connectivity index (χ4v) is 6.28. The number of rotatable bonds is 2. The van der Waals surface area contributed by atoms with E-state index in [9.17, 15) is 20.1 Å². The quantitative estimate of drug-likeness (QED) is 0.707. The van der Waals surface area contributed by atoms with Gasteiger partial charge < -0.3 is 15.3 Å². The van der Waals surface area contributed by atoms with E-state index in [1.54, 1.807) is 0 Å². The van der Waals surface area contributed by atoms with E-state index in [0.29, 0.717) is 31.2 Å². The summed E-state index contributed by atoms with van der Waals surface area (Å²) in [4.78, 5) is 15.1. The molecule has 1 aliphatic heterocycles. The van der Waals surface area contributed by atoms with Gasteiger partial charge in [-0.2, -0.15) is 0 Å². The van der Waals surface area contributed by atoms with E-state index < -0.39 is 11.0 Å². The molecule has 1 saturated heterocycles. The van der Waals surface area contributed by atoms with Gasteiger partial charge in [0, 0.05) is 35.9 Å². The number of nitrogens with zero attached hydrogens (tertiary/aromatic N) is 1. The lowest BCUT2D eigenvalue weighted by atomic mass is 9.46. The first kappa shape index (κ1) is 16.6. The first-order chi connectivity index (χ1) is 12.4. The number of piperidine rings is 1. The molecule has 2 bridgehead atoms. The second kappa shape index (κ2) is 5.23. The molecule has 1 aromatic rings. The summed E-state index contributed by atoms with van der Waals surface area (Å²) < 4.78 is 0. The summed E-state index contributed by atoms with van der Waals surface area (Å²) in [5.41, 5.74) is -0.241. The largest absolute Gasteiger partial charge is 0.504 e. The van der Waals surface area contributed by atoms with Crippen molar-refractivity contribution in [1.82, 2.24) is 4.90 Å². The Balaban J connectivity index is 1.72. The lowest BCUT2D eigenvalue weighted by Gasteiger charge is -2.65. The Labute approximate surface area is 153 Å². The Morgan fingerprint density at radius 2 is 2.00 bits per heavy atom. The molecule has 26 heavy (non-hydrogen) atoms. The molecule has 140 valence electrons. The molecular weight excluding hydrogens is 330 g/mol. The average Bonchev–Trinajstić information content (AvgIpc) is 3.42. The number of fused-ring (bicyclic) bond motifs is 1. The zero-order chi connectivity index (χ0) is 18.3. The van der Waals surface area contributed by atoms with Gasteiger partial charge in [-0.15, -0.1) is 0 Å². The fraction of sp³-hybridized carbons (Fsp3) is 0.667. The minimum Gasteiger partial charge on any atom is -0.504 e. The molecule has 3 N–H and O–H groups in total. The third-order valence-corrected chi connectivity index (χ3v) is 7.82. The van der Waals surface area contributed by atoms with Gasteiger partial charge in [-0.05, 0) is 56.2 Å². The topological polar surface area (TPSA) is 81.0 Å². The number of benzene rings is 1. The third kappa shape index (κ3) is 1.91. The molecule has 1 heterocycles. The molecule has 0 spiro atoms. The number of hydrogen-bond donors (Lipinski definition) is 3. The van der Waals surface area contributed by atoms with E-state index in [-0.39, 0.29) is 29.2 Å². The summed E-state index contributed by atoms with van der Waals surface area (Å²) >= 11 is 0. The highest BCUT2D eigenvalue weighted by Crippen LogP contribution is 2.62. The van der Waals surface area contributed by atoms with Crippen LogP contribution in [0.4, 0.5) is 0 Å². The molecule has 5 heteroatoms. The van der Waals surface area contributed by atoms with Crippen molar-refractivity contribution in [3.05, 3.63) is 23.3 Å². The Morgan fingerprint density at radius 3 is 2.73 bits per heavy atom. The predicted molar refractivity (Wildman–Crippen MR) is 96.2 cm³/mol. The number of carbonyl (C=O) groups excluding carboxylic acids is 1. The Hall–Kier alpha value is -1.59. The van der Waals surface area contributed by atoms with Crippen LogP contribution in [0.3, 0.4) is 0 Å². The number of phenols is 2. The van der Waals surface area contributed by atoms with Crippen LogP contribution >= 0.6 is 0 Å². The van der Waals surface area contributed by atoms with Crippen LogP contribution in [0.2, 0.25) is 0 Å². The van der Waals surface area contributed by atoms with Crippen LogP contribution in [-0.2, 0) is 16.6 Å². The summed E-state index contributed by atoms with van der Waals surface area (Å²) in [5, 5.41) is 32.9. The summed E-state index contributed by atoms with van der Waals surface area (Å²) in [5.74, 6) is 0.225. The third-order valence-electron chi connectivity index (χ3n) is 7.82. The van der Waals surface area contributed by atoms with Crippen molar-refractivity contribution in [3.8, 4) is 11.5 Å². The predicted octanol–water partition coefficient (Wildman–Crippen LogP) is 2.11. The van der Waals surface area contributed by atoms with Crippen LogP contribution < -0.4 is 0 Å². The summed E-state index contributed by atoms with van der Waals surface area (Å²) in [6.07, 6.45) is 4.68. The average molecular weight is 357 g/mol. The van der Waals surface area contributed by atoms with Crippen molar-refractivity contribution >= 4 is 5.78 Å². The SMILES string of the molecule is C[C@H]1C(=O)CC[C@@]2(O)[C@H]3Cc4ccc(O)c(O)c4[C@@]12CCN3CC1CC1. The maximum absolute atomic E-state index is 12.7. The summed E-state index contributed by atoms with van der Waals surface area (Å²) in [7, 11) is 0. The van der Waals surface area contributed by atoms with Crippen LogP contribution in [-0.4, -0.2) is 50.7 Å². The second-order valence-corrected chi connectivity index (χ2v) is 8.96. The van der Waals surface area contributed by atoms with Gasteiger partial charge in [0.25, 0.3) is 0 Å². The first-order valence-corrected chi connectivity index (χ1v) is 9.92. The van der Waals surface area contributed by atoms with Crippen molar-refractivity contribution in [1.29, 1.82) is 0 Å². The highest BCUT2D eigenvalue weighted by Gasteiger charge is 2.68. The van der Waals surface area contributed by atoms with E-state index in [4.69, 9.17) is 0 Å². The molecule has 4 aliphatic rings. The van der Waals surface area contributed by atoms with Gasteiger partial charge in [0.1, 0.15) is 5.78 Å². The van der Waals surface area contributed by atoms with Crippen LogP contribution in [0.15, 0.2) is 12.1 Å². The molecule has 0 radical (unpaired) electrons. The molecular formula is C21H27NO4. The van der Waals surface area contributed by atoms with E-state index in [0.717, 1.165) is 24.6 Å². The molecule has 0 amide bonds. The van der Waals surface area contributed by atoms with Crippen molar-refractivity contribution in [3.63, 3.8) is 0 Å². The Kier molecular flexibility index (Phi) is 3.33. The number of aromatic hydroxyl groups is 2. The van der Waals surface area contributed by atoms with Gasteiger partial charge in [-0.1, -0.05) is 13.0 Å². The number of hydrogen-bond acceptors (Lipinski definition) is 5. The van der Waals surface area contributed by atoms with Crippen LogP contribution in [0.1, 0.15) is 50.2 Å². The van der Waals surface area contributed by atoms with Crippen LogP contribution in [0.25, 0.3) is 0 Å². The second-order valence-electron chi connectivity index (χ2n) is 8.96. The zero-order valence-corrected chi connectivity index (χ0v) is 15.2. The molecule has 3 aliphatic carbocycles. The minimum absolute atomic E-state index is 0.0242. The van der Waals surface area contributed by atoms with E-state index in [1.807, 2.05) is 13.0 Å². The zero-order valence-electron chi connectivity index (χ0n) is 15.2. The lowest BCUT2D eigenvalue weighted by molar-refractivity contribution is -0.187. The smallest absolute Gasteiger partial charge is 0.161 e. The molecule has 1 aromatic carbocycles. The van der Waals surface area contributed by atoms with Crippen molar-refractivity contribution in [2.75, 3.05) is 13.1 Å². The van der Waals surface area contributed by atoms with Crippen LogP contribution in [0.5, 0.6) is 11.5 Å². The minimum atomic E-state index is -1.04. The molecule has 4 atom stereocenters. The van der Waals surface area contributed by atoms with Crippen molar-refractivity contribution < 1.29 is 20.1 Å². The number of likely N-dealkylation sites (tertiary alicyclic amines) is 1. The first-order valence-electron chi connectivity index (χ1n) is 9.92. The molecule has 2 saturated carbocycles. The van der Waals surface area contributed by atoms with Gasteiger partial charge in [0.05, 0.1) is 5.60 Å². The van der Waals surface area contributed by atoms with Crippen LogP contribution in [0, 0.1) is 11.8 Å².